The number of aliphatic carboxylic acids is 1. The molecule has 3 amide bonds. The number of thiazole rings is 1. The number of thioether (sulfide) groups is 1. The summed E-state index contributed by atoms with van der Waals surface area (Å²) in [5.41, 5.74) is 1.61. The average molecular weight is 706 g/mol. The first-order valence-corrected chi connectivity index (χ1v) is 18.0. The van der Waals surface area contributed by atoms with Crippen molar-refractivity contribution < 1.29 is 38.6 Å². The number of carbonyl (C=O) groups is 5. The maximum atomic E-state index is 14.0. The molecular weight excluding hydrogens is 671 g/mol. The molecule has 0 radical (unpaired) electrons. The van der Waals surface area contributed by atoms with E-state index in [2.05, 4.69) is 10.3 Å². The van der Waals surface area contributed by atoms with Gasteiger partial charge in [0.25, 0.3) is 5.91 Å². The molecule has 3 aromatic rings. The van der Waals surface area contributed by atoms with Crippen LogP contribution in [0.3, 0.4) is 0 Å². The Balaban J connectivity index is 1.16. The largest absolute Gasteiger partial charge is 0.483 e. The first-order valence-electron chi connectivity index (χ1n) is 16.3. The van der Waals surface area contributed by atoms with Gasteiger partial charge in [-0.2, -0.15) is 0 Å². The number of carboxylic acids is 1. The Bertz CT molecular complexity index is 1900. The Morgan fingerprint density at radius 1 is 1.02 bits per heavy atom. The highest BCUT2D eigenvalue weighted by Gasteiger charge is 2.70. The van der Waals surface area contributed by atoms with Crippen molar-refractivity contribution in [1.82, 2.24) is 9.88 Å². The number of likely N-dealkylation sites (tertiary alicyclic amines) is 1. The number of esters is 1. The number of anilines is 1. The molecule has 2 bridgehead atoms. The van der Waals surface area contributed by atoms with Crippen molar-refractivity contribution in [3.63, 3.8) is 0 Å². The highest BCUT2D eigenvalue weighted by molar-refractivity contribution is 8.00. The SMILES string of the molecule is CCOC(=O)c1ccc(NC(=O)COc2ccccc2[C@H]2c3sc(=O)[nH]c3SC3C4CC(C5C(=O)N(C(C(=O)O)C(C)C)C(=O)C45)C32)cc1. The molecule has 8 atom stereocenters. The highest BCUT2D eigenvalue weighted by Crippen LogP contribution is 2.69. The summed E-state index contributed by atoms with van der Waals surface area (Å²) in [6.45, 7) is 5.06. The zero-order valence-electron chi connectivity index (χ0n) is 26.9. The van der Waals surface area contributed by atoms with Gasteiger partial charge in [0.05, 0.1) is 29.0 Å². The van der Waals surface area contributed by atoms with E-state index in [0.717, 1.165) is 31.7 Å². The molecule has 3 fully saturated rings. The minimum absolute atomic E-state index is 0.0954. The number of nitrogens with one attached hydrogen (secondary N) is 2. The molecule has 1 saturated heterocycles. The summed E-state index contributed by atoms with van der Waals surface area (Å²) in [6.07, 6.45) is 0.651. The van der Waals surface area contributed by atoms with E-state index in [1.54, 1.807) is 57.2 Å². The lowest BCUT2D eigenvalue weighted by Gasteiger charge is -2.43. The van der Waals surface area contributed by atoms with Crippen LogP contribution in [0.15, 0.2) is 58.4 Å². The number of fused-ring (bicyclic) bond motifs is 9. The fraction of sp³-hybridized carbons (Fsp3) is 0.429. The summed E-state index contributed by atoms with van der Waals surface area (Å²) in [6, 6.07) is 12.4. The van der Waals surface area contributed by atoms with E-state index < -0.39 is 53.5 Å². The standard InChI is InChI=1S/C35H35N3O9S2/c1-4-46-34(44)16-9-11-17(12-10-16)36-22(39)14-47-21-8-6-5-7-18(21)23-24-19-13-20(28(24)48-30-29(23)49-35(45)37-30)26-25(19)31(40)38(32(26)41)27(15(2)3)33(42)43/h5-12,15,19-20,23-28H,4,13-14H2,1-3H3,(H,36,39)(H,37,45)(H,42,43)/t19?,20?,23-,24?,25?,26?,27?,28?/m1/s1. The van der Waals surface area contributed by atoms with Crippen LogP contribution in [0, 0.1) is 35.5 Å². The molecule has 2 saturated carbocycles. The van der Waals surface area contributed by atoms with Crippen molar-refractivity contribution in [3.05, 3.63) is 74.2 Å². The number of imide groups is 1. The molecule has 256 valence electrons. The zero-order valence-corrected chi connectivity index (χ0v) is 28.5. The molecule has 49 heavy (non-hydrogen) atoms. The maximum absolute atomic E-state index is 14.0. The quantitative estimate of drug-likeness (QED) is 0.205. The second kappa shape index (κ2) is 12.8. The lowest BCUT2D eigenvalue weighted by atomic mass is 9.68. The lowest BCUT2D eigenvalue weighted by molar-refractivity contribution is -0.157. The molecular formula is C35H35N3O9S2. The molecule has 7 rings (SSSR count). The number of hydrogen-bond donors (Lipinski definition) is 3. The summed E-state index contributed by atoms with van der Waals surface area (Å²) < 4.78 is 11.1. The number of H-pyrrole nitrogens is 1. The van der Waals surface area contributed by atoms with Crippen LogP contribution in [0.2, 0.25) is 0 Å². The zero-order chi connectivity index (χ0) is 34.7. The molecule has 4 aliphatic rings. The summed E-state index contributed by atoms with van der Waals surface area (Å²) in [7, 11) is 0. The molecule has 2 aromatic carbocycles. The molecule has 3 N–H and O–H groups in total. The van der Waals surface area contributed by atoms with Crippen molar-refractivity contribution in [3.8, 4) is 5.75 Å². The van der Waals surface area contributed by atoms with Gasteiger partial charge in [0.15, 0.2) is 6.61 Å². The van der Waals surface area contributed by atoms with E-state index in [0.29, 0.717) is 23.4 Å². The number of aromatic nitrogens is 1. The molecule has 1 aromatic heterocycles. The van der Waals surface area contributed by atoms with E-state index in [1.807, 2.05) is 12.1 Å². The van der Waals surface area contributed by atoms with Crippen LogP contribution < -0.4 is 14.9 Å². The van der Waals surface area contributed by atoms with E-state index in [4.69, 9.17) is 9.47 Å². The van der Waals surface area contributed by atoms with Gasteiger partial charge in [0.2, 0.25) is 11.8 Å². The normalized spacial score (nSPS) is 27.0. The van der Waals surface area contributed by atoms with E-state index in [-0.39, 0.29) is 47.0 Å². The Morgan fingerprint density at radius 2 is 1.71 bits per heavy atom. The average Bonchev–Trinajstić information content (AvgIpc) is 3.80. The predicted molar refractivity (Wildman–Crippen MR) is 180 cm³/mol. The minimum Gasteiger partial charge on any atom is -0.483 e. The van der Waals surface area contributed by atoms with Gasteiger partial charge in [-0.15, -0.1) is 11.8 Å². The summed E-state index contributed by atoms with van der Waals surface area (Å²) in [5, 5.41) is 13.4. The smallest absolute Gasteiger partial charge is 0.338 e. The van der Waals surface area contributed by atoms with Crippen LogP contribution in [-0.2, 0) is 23.9 Å². The van der Waals surface area contributed by atoms with Gasteiger partial charge in [-0.3, -0.25) is 24.1 Å². The molecule has 2 aliphatic heterocycles. The lowest BCUT2D eigenvalue weighted by Crippen LogP contribution is -2.49. The number of carboxylic acid groups (broad SMARTS) is 1. The van der Waals surface area contributed by atoms with Gasteiger partial charge in [-0.05, 0) is 67.3 Å². The Hall–Kier alpha value is -4.43. The van der Waals surface area contributed by atoms with E-state index >= 15 is 0 Å². The minimum atomic E-state index is -1.23. The monoisotopic (exact) mass is 705 g/mol. The third kappa shape index (κ3) is 5.54. The van der Waals surface area contributed by atoms with Gasteiger partial charge in [0, 0.05) is 27.3 Å². The fourth-order valence-corrected chi connectivity index (χ4v) is 11.3. The number of carbonyl (C=O) groups excluding carboxylic acids is 4. The number of nitrogens with zero attached hydrogens (tertiary/aromatic N) is 1. The van der Waals surface area contributed by atoms with Crippen LogP contribution in [-0.4, -0.2) is 69.2 Å². The molecule has 7 unspecified atom stereocenters. The number of aromatic amines is 1. The van der Waals surface area contributed by atoms with Gasteiger partial charge in [-0.1, -0.05) is 43.4 Å². The van der Waals surface area contributed by atoms with E-state index in [1.165, 1.54) is 11.8 Å². The Morgan fingerprint density at radius 3 is 2.39 bits per heavy atom. The highest BCUT2D eigenvalue weighted by atomic mass is 32.2. The molecule has 14 heteroatoms. The van der Waals surface area contributed by atoms with Crippen LogP contribution in [0.1, 0.15) is 53.9 Å². The number of ether oxygens (including phenoxy) is 2. The van der Waals surface area contributed by atoms with Crippen LogP contribution in [0.4, 0.5) is 5.69 Å². The van der Waals surface area contributed by atoms with E-state index in [9.17, 15) is 33.9 Å². The molecule has 2 aliphatic carbocycles. The van der Waals surface area contributed by atoms with Gasteiger partial charge in [0.1, 0.15) is 11.8 Å². The van der Waals surface area contributed by atoms with Crippen molar-refractivity contribution in [1.29, 1.82) is 0 Å². The van der Waals surface area contributed by atoms with Crippen molar-refractivity contribution in [2.75, 3.05) is 18.5 Å². The first kappa shape index (κ1) is 33.1. The third-order valence-electron chi connectivity index (χ3n) is 10.2. The van der Waals surface area contributed by atoms with Gasteiger partial charge >= 0.3 is 16.8 Å². The topological polar surface area (TPSA) is 172 Å². The Labute approximate surface area is 289 Å². The number of benzene rings is 2. The molecule has 0 spiro atoms. The number of rotatable bonds is 10. The summed E-state index contributed by atoms with van der Waals surface area (Å²) >= 11 is 2.65. The molecule has 12 nitrogen and oxygen atoms in total. The van der Waals surface area contributed by atoms with Gasteiger partial charge in [-0.25, -0.2) is 9.59 Å². The van der Waals surface area contributed by atoms with Gasteiger partial charge < -0.3 is 24.9 Å². The Kier molecular flexibility index (Phi) is 8.64. The maximum Gasteiger partial charge on any atom is 0.338 e. The number of para-hydroxylation sites is 1. The summed E-state index contributed by atoms with van der Waals surface area (Å²) in [5.74, 6) is -4.98. The van der Waals surface area contributed by atoms with Crippen LogP contribution in [0.5, 0.6) is 5.75 Å². The van der Waals surface area contributed by atoms with Crippen molar-refractivity contribution >= 4 is 58.4 Å². The second-order valence-corrected chi connectivity index (χ2v) is 15.4. The van der Waals surface area contributed by atoms with Crippen LogP contribution >= 0.6 is 23.1 Å². The first-order chi connectivity index (χ1) is 23.5. The molecule has 3 heterocycles. The van der Waals surface area contributed by atoms with Crippen molar-refractivity contribution in [2.24, 2.45) is 35.5 Å². The number of hydrogen-bond acceptors (Lipinski definition) is 10. The third-order valence-corrected chi connectivity index (χ3v) is 12.8. The number of amides is 3. The van der Waals surface area contributed by atoms with Crippen LogP contribution in [0.25, 0.3) is 0 Å². The van der Waals surface area contributed by atoms with Crippen molar-refractivity contribution in [2.45, 2.75) is 49.4 Å². The predicted octanol–water partition coefficient (Wildman–Crippen LogP) is 4.21. The fourth-order valence-electron chi connectivity index (χ4n) is 8.47. The summed E-state index contributed by atoms with van der Waals surface area (Å²) in [4.78, 5) is 82.2. The second-order valence-electron chi connectivity index (χ2n) is 13.2.